The summed E-state index contributed by atoms with van der Waals surface area (Å²) in [6.07, 6.45) is 1.02. The number of hydrogen-bond acceptors (Lipinski definition) is 3. The van der Waals surface area contributed by atoms with Gasteiger partial charge in [-0.15, -0.1) is 0 Å². The Bertz CT molecular complexity index is 989. The molecule has 2 aromatic carbocycles. The number of carbonyl (C=O) groups excluding carboxylic acids is 2. The Labute approximate surface area is 169 Å². The molecule has 6 nitrogen and oxygen atoms in total. The molecule has 1 unspecified atom stereocenters. The lowest BCUT2D eigenvalue weighted by Gasteiger charge is -2.16. The number of nitrogens with one attached hydrogen (secondary N) is 2. The third-order valence-electron chi connectivity index (χ3n) is 3.89. The largest absolute Gasteiger partial charge is 0.480 e. The number of fused-ring (bicyclic) bond motifs is 1. The second kappa shape index (κ2) is 8.45. The van der Waals surface area contributed by atoms with Crippen LogP contribution in [0.1, 0.15) is 6.92 Å². The van der Waals surface area contributed by atoms with Crippen LogP contribution in [0.3, 0.4) is 0 Å². The number of benzene rings is 2. The summed E-state index contributed by atoms with van der Waals surface area (Å²) >= 11 is 9.21. The molecule has 0 saturated carbocycles. The summed E-state index contributed by atoms with van der Waals surface area (Å²) in [5, 5.41) is 1.60. The van der Waals surface area contributed by atoms with Gasteiger partial charge in [0.2, 0.25) is 0 Å². The van der Waals surface area contributed by atoms with Gasteiger partial charge in [0.25, 0.3) is 11.8 Å². The van der Waals surface area contributed by atoms with Crippen LogP contribution in [0.5, 0.6) is 5.75 Å². The quantitative estimate of drug-likeness (QED) is 0.583. The Kier molecular flexibility index (Phi) is 6.03. The Hall–Kier alpha value is -2.51. The van der Waals surface area contributed by atoms with Crippen LogP contribution in [-0.4, -0.2) is 22.5 Å². The topological polar surface area (TPSA) is 72.4 Å². The molecule has 140 valence electrons. The smallest absolute Gasteiger partial charge is 0.279 e. The van der Waals surface area contributed by atoms with Crippen molar-refractivity contribution in [2.24, 2.45) is 0 Å². The minimum absolute atomic E-state index is 0.0891. The average Bonchev–Trinajstić information content (AvgIpc) is 3.05. The lowest BCUT2D eigenvalue weighted by Crippen LogP contribution is -2.48. The molecule has 27 heavy (non-hydrogen) atoms. The van der Waals surface area contributed by atoms with Gasteiger partial charge >= 0.3 is 0 Å². The zero-order valence-corrected chi connectivity index (χ0v) is 16.8. The highest BCUT2D eigenvalue weighted by molar-refractivity contribution is 9.10. The zero-order valence-electron chi connectivity index (χ0n) is 14.4. The van der Waals surface area contributed by atoms with E-state index in [0.717, 1.165) is 10.9 Å². The molecule has 0 fully saturated rings. The van der Waals surface area contributed by atoms with Crippen molar-refractivity contribution in [3.05, 3.63) is 64.2 Å². The summed E-state index contributed by atoms with van der Waals surface area (Å²) in [6, 6.07) is 14.7. The predicted molar refractivity (Wildman–Crippen MR) is 107 cm³/mol. The average molecular weight is 451 g/mol. The van der Waals surface area contributed by atoms with Gasteiger partial charge in [-0.25, -0.2) is 0 Å². The molecule has 0 spiro atoms. The summed E-state index contributed by atoms with van der Waals surface area (Å²) < 4.78 is 8.03. The number of rotatable bonds is 5. The van der Waals surface area contributed by atoms with Crippen LogP contribution in [0.15, 0.2) is 59.2 Å². The van der Waals surface area contributed by atoms with Gasteiger partial charge in [-0.1, -0.05) is 29.8 Å². The van der Waals surface area contributed by atoms with Gasteiger partial charge in [0.1, 0.15) is 12.3 Å². The molecule has 0 aliphatic rings. The van der Waals surface area contributed by atoms with Crippen LogP contribution in [0, 0.1) is 0 Å². The van der Waals surface area contributed by atoms with Crippen molar-refractivity contribution in [3.8, 4) is 5.75 Å². The van der Waals surface area contributed by atoms with Crippen LogP contribution in [0.2, 0.25) is 5.02 Å². The van der Waals surface area contributed by atoms with Crippen molar-refractivity contribution < 1.29 is 14.3 Å². The van der Waals surface area contributed by atoms with Crippen molar-refractivity contribution in [3.63, 3.8) is 0 Å². The first kappa shape index (κ1) is 19.3. The molecule has 0 saturated heterocycles. The van der Waals surface area contributed by atoms with Crippen LogP contribution in [0.25, 0.3) is 10.9 Å². The first-order chi connectivity index (χ1) is 12.9. The highest BCUT2D eigenvalue weighted by atomic mass is 79.9. The second-order valence-corrected chi connectivity index (χ2v) is 7.17. The van der Waals surface area contributed by atoms with E-state index in [1.807, 2.05) is 41.1 Å². The highest BCUT2D eigenvalue weighted by Gasteiger charge is 2.17. The fraction of sp³-hybridized carbons (Fsp3) is 0.158. The minimum Gasteiger partial charge on any atom is -0.480 e. The maximum absolute atomic E-state index is 12.1. The number of ether oxygens (including phenoxy) is 1. The van der Waals surface area contributed by atoms with E-state index in [1.54, 1.807) is 25.1 Å². The Morgan fingerprint density at radius 3 is 2.74 bits per heavy atom. The Balaban J connectivity index is 1.52. The third kappa shape index (κ3) is 4.81. The van der Waals surface area contributed by atoms with E-state index >= 15 is 0 Å². The second-order valence-electron chi connectivity index (χ2n) is 5.87. The van der Waals surface area contributed by atoms with E-state index in [4.69, 9.17) is 16.3 Å². The minimum atomic E-state index is -0.810. The van der Waals surface area contributed by atoms with Crippen molar-refractivity contribution in [1.82, 2.24) is 15.4 Å². The lowest BCUT2D eigenvalue weighted by molar-refractivity contribution is -0.132. The molecule has 0 aliphatic carbocycles. The van der Waals surface area contributed by atoms with E-state index in [-0.39, 0.29) is 12.5 Å². The van der Waals surface area contributed by atoms with Gasteiger partial charge in [0.05, 0.1) is 4.47 Å². The van der Waals surface area contributed by atoms with Gasteiger partial charge < -0.3 is 9.30 Å². The fourth-order valence-electron chi connectivity index (χ4n) is 2.52. The number of carbonyl (C=O) groups is 2. The lowest BCUT2D eigenvalue weighted by atomic mass is 10.2. The Morgan fingerprint density at radius 2 is 1.96 bits per heavy atom. The molecule has 1 atom stereocenters. The van der Waals surface area contributed by atoms with Gasteiger partial charge in [-0.2, -0.15) is 0 Å². The standard InChI is InChI=1S/C19H17BrClN3O3/c1-12(27-17-7-6-14(21)10-15(17)20)19(26)23-22-18(25)11-24-9-8-13-4-2-3-5-16(13)24/h2-10,12H,11H2,1H3,(H,22,25)(H,23,26). The molecule has 0 aliphatic heterocycles. The molecule has 3 aromatic rings. The van der Waals surface area contributed by atoms with E-state index in [0.29, 0.717) is 15.2 Å². The SMILES string of the molecule is CC(Oc1ccc(Cl)cc1Br)C(=O)NNC(=O)Cn1ccc2ccccc21. The Morgan fingerprint density at radius 1 is 1.19 bits per heavy atom. The first-order valence-electron chi connectivity index (χ1n) is 8.18. The monoisotopic (exact) mass is 449 g/mol. The van der Waals surface area contributed by atoms with E-state index < -0.39 is 12.0 Å². The van der Waals surface area contributed by atoms with Crippen molar-refractivity contribution in [2.75, 3.05) is 0 Å². The molecule has 8 heteroatoms. The maximum Gasteiger partial charge on any atom is 0.279 e. The highest BCUT2D eigenvalue weighted by Crippen LogP contribution is 2.28. The van der Waals surface area contributed by atoms with Gasteiger partial charge in [-0.3, -0.25) is 20.4 Å². The predicted octanol–water partition coefficient (Wildman–Crippen LogP) is 3.67. The van der Waals surface area contributed by atoms with E-state index in [9.17, 15) is 9.59 Å². The summed E-state index contributed by atoms with van der Waals surface area (Å²) in [6.45, 7) is 1.67. The van der Waals surface area contributed by atoms with Crippen LogP contribution < -0.4 is 15.6 Å². The van der Waals surface area contributed by atoms with Gasteiger partial charge in [0, 0.05) is 16.7 Å². The number of hydrazine groups is 1. The number of halogens is 2. The number of nitrogens with zero attached hydrogens (tertiary/aromatic N) is 1. The number of aromatic nitrogens is 1. The summed E-state index contributed by atoms with van der Waals surface area (Å²) in [5.41, 5.74) is 5.73. The van der Waals surface area contributed by atoms with E-state index in [1.165, 1.54) is 0 Å². The molecular formula is C19H17BrClN3O3. The molecule has 0 bridgehead atoms. The van der Waals surface area contributed by atoms with Crippen LogP contribution >= 0.6 is 27.5 Å². The summed E-state index contributed by atoms with van der Waals surface area (Å²) in [5.74, 6) is -0.334. The zero-order chi connectivity index (χ0) is 19.4. The van der Waals surface area contributed by atoms with Crippen molar-refractivity contribution >= 4 is 50.2 Å². The van der Waals surface area contributed by atoms with Crippen molar-refractivity contribution in [2.45, 2.75) is 19.6 Å². The molecule has 3 rings (SSSR count). The third-order valence-corrected chi connectivity index (χ3v) is 4.74. The number of hydrogen-bond donors (Lipinski definition) is 2. The van der Waals surface area contributed by atoms with Gasteiger partial charge in [-0.05, 0) is 58.6 Å². The summed E-state index contributed by atoms with van der Waals surface area (Å²) in [4.78, 5) is 24.3. The van der Waals surface area contributed by atoms with E-state index in [2.05, 4.69) is 26.8 Å². The molecule has 1 aromatic heterocycles. The molecule has 2 amide bonds. The normalized spacial score (nSPS) is 11.8. The molecule has 0 radical (unpaired) electrons. The molecule has 2 N–H and O–H groups in total. The molecule has 1 heterocycles. The summed E-state index contributed by atoms with van der Waals surface area (Å²) in [7, 11) is 0. The van der Waals surface area contributed by atoms with Crippen LogP contribution in [0.4, 0.5) is 0 Å². The van der Waals surface area contributed by atoms with Crippen molar-refractivity contribution in [1.29, 1.82) is 0 Å². The molecular weight excluding hydrogens is 434 g/mol. The first-order valence-corrected chi connectivity index (χ1v) is 9.35. The maximum atomic E-state index is 12.1. The fourth-order valence-corrected chi connectivity index (χ4v) is 3.30. The number of amides is 2. The van der Waals surface area contributed by atoms with Gasteiger partial charge in [0.15, 0.2) is 6.10 Å². The number of para-hydroxylation sites is 1. The van der Waals surface area contributed by atoms with Crippen LogP contribution in [-0.2, 0) is 16.1 Å².